The molecule has 3 fully saturated rings. The first-order valence-electron chi connectivity index (χ1n) is 13.5. The first-order valence-corrected chi connectivity index (χ1v) is 14.2. The van der Waals surface area contributed by atoms with Crippen LogP contribution in [0, 0.1) is 34.5 Å². The van der Waals surface area contributed by atoms with Crippen molar-refractivity contribution in [2.75, 3.05) is 6.61 Å². The lowest BCUT2D eigenvalue weighted by Crippen LogP contribution is -2.70. The Balaban J connectivity index is 1.83. The summed E-state index contributed by atoms with van der Waals surface area (Å²) >= 11 is 4.05. The Kier molecular flexibility index (Phi) is 7.20. The van der Waals surface area contributed by atoms with E-state index in [1.807, 2.05) is 19.9 Å². The van der Waals surface area contributed by atoms with Gasteiger partial charge in [0.05, 0.1) is 10.4 Å². The van der Waals surface area contributed by atoms with Gasteiger partial charge in [0.25, 0.3) is 0 Å². The summed E-state index contributed by atoms with van der Waals surface area (Å²) in [6.45, 7) is 10.9. The molecule has 8 heteroatoms. The van der Waals surface area contributed by atoms with Crippen LogP contribution in [0.3, 0.4) is 0 Å². The van der Waals surface area contributed by atoms with E-state index in [9.17, 15) is 24.3 Å². The zero-order chi connectivity index (χ0) is 27.6. The van der Waals surface area contributed by atoms with Crippen LogP contribution in [0.2, 0.25) is 0 Å². The number of carbonyl (C=O) groups excluding carboxylic acids is 4. The van der Waals surface area contributed by atoms with E-state index >= 15 is 0 Å². The van der Waals surface area contributed by atoms with Crippen LogP contribution < -0.4 is 0 Å². The van der Waals surface area contributed by atoms with Crippen molar-refractivity contribution in [1.29, 1.82) is 0 Å². The van der Waals surface area contributed by atoms with E-state index in [0.717, 1.165) is 5.57 Å². The number of alkyl halides is 1. The lowest BCUT2D eigenvalue weighted by atomic mass is 9.44. The van der Waals surface area contributed by atoms with E-state index in [0.29, 0.717) is 12.8 Å². The number of carbonyl (C=O) groups is 4. The molecule has 0 aromatic rings. The molecule has 0 aromatic carbocycles. The largest absolute Gasteiger partial charge is 0.457 e. The molecule has 37 heavy (non-hydrogen) atoms. The van der Waals surface area contributed by atoms with Gasteiger partial charge < -0.3 is 14.6 Å². The molecule has 3 saturated carbocycles. The van der Waals surface area contributed by atoms with Gasteiger partial charge in [0, 0.05) is 29.6 Å². The summed E-state index contributed by atoms with van der Waals surface area (Å²) in [5, 5.41) is 11.9. The van der Waals surface area contributed by atoms with Gasteiger partial charge in [0.2, 0.25) is 5.78 Å². The van der Waals surface area contributed by atoms with Crippen LogP contribution >= 0.6 is 15.9 Å². The highest BCUT2D eigenvalue weighted by atomic mass is 79.9. The molecular weight excluding hydrogens is 540 g/mol. The standard InChI is InChI=1S/C29H39BrO7/c1-7-24(34)36-15-23(33)29(37-25(35)8-2)17(4)12-20-21-11-16(3)19-13-18(31)9-10-26(19,5)28(21,30)22(32)14-27(20,29)6/h9-10,13,16-17,20-22,32H,7-8,11-12,14-15H2,1-6H3/t16?,17?,20-,21-,22?,26-,27-,28-,29-/m0/s1. The summed E-state index contributed by atoms with van der Waals surface area (Å²) in [4.78, 5) is 50.9. The highest BCUT2D eigenvalue weighted by Gasteiger charge is 2.76. The van der Waals surface area contributed by atoms with Crippen molar-refractivity contribution in [1.82, 2.24) is 0 Å². The molecule has 0 spiro atoms. The Morgan fingerprint density at radius 2 is 1.73 bits per heavy atom. The fourth-order valence-electron chi connectivity index (χ4n) is 8.40. The van der Waals surface area contributed by atoms with Gasteiger partial charge in [-0.3, -0.25) is 19.2 Å². The van der Waals surface area contributed by atoms with Crippen molar-refractivity contribution in [3.8, 4) is 0 Å². The van der Waals surface area contributed by atoms with Crippen molar-refractivity contribution in [3.05, 3.63) is 23.8 Å². The van der Waals surface area contributed by atoms with Crippen molar-refractivity contribution in [2.45, 2.75) is 89.7 Å². The maximum Gasteiger partial charge on any atom is 0.306 e. The molecule has 0 amide bonds. The quantitative estimate of drug-likeness (QED) is 0.365. The van der Waals surface area contributed by atoms with Crippen LogP contribution in [0.1, 0.15) is 73.6 Å². The van der Waals surface area contributed by atoms with Crippen LogP contribution in [-0.4, -0.2) is 51.2 Å². The summed E-state index contributed by atoms with van der Waals surface area (Å²) < 4.78 is 10.6. The molecule has 9 atom stereocenters. The molecule has 3 unspecified atom stereocenters. The summed E-state index contributed by atoms with van der Waals surface area (Å²) in [6.07, 6.45) is 6.12. The van der Waals surface area contributed by atoms with Crippen LogP contribution in [-0.2, 0) is 28.7 Å². The van der Waals surface area contributed by atoms with Crippen molar-refractivity contribution < 1.29 is 33.8 Å². The van der Waals surface area contributed by atoms with Gasteiger partial charge in [-0.25, -0.2) is 0 Å². The number of aliphatic hydroxyl groups excluding tert-OH is 1. The average Bonchev–Trinajstić information content (AvgIpc) is 3.07. The normalized spacial score (nSPS) is 44.3. The zero-order valence-corrected chi connectivity index (χ0v) is 24.2. The van der Waals surface area contributed by atoms with Crippen molar-refractivity contribution >= 4 is 39.4 Å². The molecule has 1 N–H and O–H groups in total. The van der Waals surface area contributed by atoms with Gasteiger partial charge in [0.15, 0.2) is 18.0 Å². The molecule has 0 heterocycles. The molecule has 0 saturated heterocycles. The third kappa shape index (κ3) is 3.75. The van der Waals surface area contributed by atoms with Gasteiger partial charge in [-0.1, -0.05) is 69.1 Å². The average molecular weight is 580 g/mol. The Morgan fingerprint density at radius 3 is 2.35 bits per heavy atom. The number of rotatable bonds is 6. The molecule has 0 bridgehead atoms. The predicted molar refractivity (Wildman–Crippen MR) is 141 cm³/mol. The number of allylic oxidation sites excluding steroid dienone is 4. The molecule has 4 rings (SSSR count). The SMILES string of the molecule is CCC(=O)OCC(=O)[C@@]1(OC(=O)CC)C(C)C[C@H]2[C@@H]3CC(C)C4=CC(=O)C=C[C@]4(C)[C@@]3(Br)C(O)C[C@@]21C. The number of aliphatic hydroxyl groups is 1. The van der Waals surface area contributed by atoms with E-state index in [4.69, 9.17) is 9.47 Å². The fourth-order valence-corrected chi connectivity index (χ4v) is 9.42. The number of hydrogen-bond donors (Lipinski definition) is 1. The number of fused-ring (bicyclic) bond motifs is 5. The molecule has 4 aliphatic carbocycles. The summed E-state index contributed by atoms with van der Waals surface area (Å²) in [7, 11) is 0. The highest BCUT2D eigenvalue weighted by molar-refractivity contribution is 9.10. The number of hydrogen-bond acceptors (Lipinski definition) is 7. The maximum absolute atomic E-state index is 13.9. The predicted octanol–water partition coefficient (Wildman–Crippen LogP) is 4.49. The lowest BCUT2D eigenvalue weighted by molar-refractivity contribution is -0.203. The summed E-state index contributed by atoms with van der Waals surface area (Å²) in [5.41, 5.74) is -1.99. The molecule has 0 aromatic heterocycles. The topological polar surface area (TPSA) is 107 Å². The maximum atomic E-state index is 13.9. The first-order chi connectivity index (χ1) is 17.2. The van der Waals surface area contributed by atoms with Crippen molar-refractivity contribution in [3.63, 3.8) is 0 Å². The van der Waals surface area contributed by atoms with E-state index in [1.54, 1.807) is 26.0 Å². The second-order valence-corrected chi connectivity index (χ2v) is 13.2. The Hall–Kier alpha value is -1.80. The van der Waals surface area contributed by atoms with E-state index in [1.165, 1.54) is 0 Å². The summed E-state index contributed by atoms with van der Waals surface area (Å²) in [5.74, 6) is -1.83. The third-order valence-electron chi connectivity index (χ3n) is 10.1. The van der Waals surface area contributed by atoms with Gasteiger partial charge in [-0.2, -0.15) is 0 Å². The molecule has 0 radical (unpaired) electrons. The zero-order valence-electron chi connectivity index (χ0n) is 22.6. The minimum absolute atomic E-state index is 0.0452. The molecule has 204 valence electrons. The van der Waals surface area contributed by atoms with Gasteiger partial charge in [-0.05, 0) is 49.2 Å². The van der Waals surface area contributed by atoms with Crippen molar-refractivity contribution in [2.24, 2.45) is 34.5 Å². The van der Waals surface area contributed by atoms with E-state index < -0.39 is 51.2 Å². The van der Waals surface area contributed by atoms with E-state index in [2.05, 4.69) is 29.8 Å². The highest BCUT2D eigenvalue weighted by Crippen LogP contribution is 2.73. The monoisotopic (exact) mass is 578 g/mol. The summed E-state index contributed by atoms with van der Waals surface area (Å²) in [6, 6.07) is 0. The van der Waals surface area contributed by atoms with Crippen LogP contribution in [0.25, 0.3) is 0 Å². The first kappa shape index (κ1) is 28.2. The van der Waals surface area contributed by atoms with Crippen LogP contribution in [0.5, 0.6) is 0 Å². The van der Waals surface area contributed by atoms with Gasteiger partial charge in [0.1, 0.15) is 0 Å². The molecule has 7 nitrogen and oxygen atoms in total. The second-order valence-electron chi connectivity index (χ2n) is 11.9. The second kappa shape index (κ2) is 9.44. The minimum atomic E-state index is -1.52. The Labute approximate surface area is 227 Å². The van der Waals surface area contributed by atoms with Gasteiger partial charge >= 0.3 is 11.9 Å². The number of esters is 2. The number of ether oxygens (including phenoxy) is 2. The van der Waals surface area contributed by atoms with Crippen LogP contribution in [0.15, 0.2) is 23.8 Å². The Bertz CT molecular complexity index is 1080. The van der Waals surface area contributed by atoms with E-state index in [-0.39, 0.29) is 48.7 Å². The lowest BCUT2D eigenvalue weighted by Gasteiger charge is -2.65. The van der Waals surface area contributed by atoms with Gasteiger partial charge in [-0.15, -0.1) is 0 Å². The number of ketones is 2. The van der Waals surface area contributed by atoms with Crippen LogP contribution in [0.4, 0.5) is 0 Å². The molecule has 4 aliphatic rings. The minimum Gasteiger partial charge on any atom is -0.457 e. The molecular formula is C29H39BrO7. The number of halogens is 1. The fraction of sp³-hybridized carbons (Fsp3) is 0.724. The smallest absolute Gasteiger partial charge is 0.306 e. The molecule has 0 aliphatic heterocycles. The third-order valence-corrected chi connectivity index (χ3v) is 12.1. The Morgan fingerprint density at radius 1 is 1.08 bits per heavy atom. The number of Topliss-reactive ketones (excluding diaryl/α,β-unsaturated/α-hetero) is 1.